The molecular weight excluding hydrogens is 460 g/mol. The van der Waals surface area contributed by atoms with E-state index in [4.69, 9.17) is 14.2 Å². The number of para-hydroxylation sites is 2. The summed E-state index contributed by atoms with van der Waals surface area (Å²) in [5, 5.41) is 2.47. The van der Waals surface area contributed by atoms with Crippen molar-refractivity contribution in [3.63, 3.8) is 0 Å². The Balaban J connectivity index is 1.49. The Morgan fingerprint density at radius 3 is 1.30 bits per heavy atom. The van der Waals surface area contributed by atoms with Crippen molar-refractivity contribution in [2.75, 3.05) is 62.5 Å². The van der Waals surface area contributed by atoms with E-state index in [0.29, 0.717) is 39.6 Å². The van der Waals surface area contributed by atoms with Crippen LogP contribution in [0.15, 0.2) is 97.1 Å². The topological polar surface area (TPSA) is 34.2 Å². The number of benzene rings is 4. The van der Waals surface area contributed by atoms with E-state index in [2.05, 4.69) is 107 Å². The van der Waals surface area contributed by atoms with Gasteiger partial charge in [-0.25, -0.2) is 0 Å². The van der Waals surface area contributed by atoms with Crippen LogP contribution in [-0.2, 0) is 14.2 Å². The highest BCUT2D eigenvalue weighted by Gasteiger charge is 2.13. The third kappa shape index (κ3) is 6.89. The molecular formula is C32H36N2O3. The van der Waals surface area contributed by atoms with E-state index < -0.39 is 0 Å². The van der Waals surface area contributed by atoms with E-state index in [9.17, 15) is 0 Å². The number of hydrogen-bond donors (Lipinski definition) is 0. The molecule has 0 atom stereocenters. The van der Waals surface area contributed by atoms with Crippen molar-refractivity contribution in [1.82, 2.24) is 0 Å². The Bertz CT molecular complexity index is 1140. The second-order valence-corrected chi connectivity index (χ2v) is 9.23. The number of hydrogen-bond acceptors (Lipinski definition) is 5. The zero-order chi connectivity index (χ0) is 25.1. The van der Waals surface area contributed by atoms with Gasteiger partial charge in [-0.1, -0.05) is 48.5 Å². The first-order valence-corrected chi connectivity index (χ1v) is 13.3. The molecule has 1 aliphatic heterocycles. The fourth-order valence-corrected chi connectivity index (χ4v) is 4.78. The predicted molar refractivity (Wildman–Crippen MR) is 153 cm³/mol. The lowest BCUT2D eigenvalue weighted by Gasteiger charge is -2.27. The molecule has 5 heteroatoms. The molecule has 1 heterocycles. The van der Waals surface area contributed by atoms with E-state index in [1.807, 2.05) is 0 Å². The van der Waals surface area contributed by atoms with Gasteiger partial charge < -0.3 is 24.0 Å². The van der Waals surface area contributed by atoms with Crippen LogP contribution in [0.3, 0.4) is 0 Å². The molecule has 192 valence electrons. The van der Waals surface area contributed by atoms with E-state index in [1.54, 1.807) is 0 Å². The van der Waals surface area contributed by atoms with Gasteiger partial charge in [0.05, 0.1) is 26.4 Å². The van der Waals surface area contributed by atoms with Gasteiger partial charge in [0, 0.05) is 49.1 Å². The smallest absolute Gasteiger partial charge is 0.0701 e. The van der Waals surface area contributed by atoms with Gasteiger partial charge in [0.2, 0.25) is 0 Å². The molecule has 0 N–H and O–H groups in total. The Morgan fingerprint density at radius 1 is 0.405 bits per heavy atom. The van der Waals surface area contributed by atoms with Crippen LogP contribution in [0.5, 0.6) is 0 Å². The van der Waals surface area contributed by atoms with Crippen molar-refractivity contribution in [3.05, 3.63) is 97.1 Å². The van der Waals surface area contributed by atoms with Gasteiger partial charge in [-0.2, -0.15) is 0 Å². The third-order valence-corrected chi connectivity index (χ3v) is 6.65. The van der Waals surface area contributed by atoms with E-state index >= 15 is 0 Å². The Labute approximate surface area is 220 Å². The summed E-state index contributed by atoms with van der Waals surface area (Å²) in [6.45, 7) is 5.56. The number of fused-ring (bicyclic) bond motifs is 2. The highest BCUT2D eigenvalue weighted by atomic mass is 16.5. The highest BCUT2D eigenvalue weighted by molar-refractivity contribution is 5.90. The largest absolute Gasteiger partial charge is 0.379 e. The van der Waals surface area contributed by atoms with Crippen LogP contribution in [0.4, 0.5) is 22.7 Å². The van der Waals surface area contributed by atoms with Crippen molar-refractivity contribution in [1.29, 1.82) is 0 Å². The van der Waals surface area contributed by atoms with Gasteiger partial charge in [0.15, 0.2) is 0 Å². The molecule has 0 amide bonds. The summed E-state index contributed by atoms with van der Waals surface area (Å²) in [6.07, 6.45) is 1.86. The lowest BCUT2D eigenvalue weighted by Crippen LogP contribution is -2.21. The zero-order valence-electron chi connectivity index (χ0n) is 21.4. The van der Waals surface area contributed by atoms with Crippen LogP contribution >= 0.6 is 0 Å². The molecule has 0 aromatic heterocycles. The number of ether oxygens (including phenoxy) is 3. The van der Waals surface area contributed by atoms with Crippen LogP contribution in [-0.4, -0.2) is 52.7 Å². The first-order valence-electron chi connectivity index (χ1n) is 13.3. The second-order valence-electron chi connectivity index (χ2n) is 9.23. The predicted octanol–water partition coefficient (Wildman–Crippen LogP) is 6.96. The maximum Gasteiger partial charge on any atom is 0.0701 e. The third-order valence-electron chi connectivity index (χ3n) is 6.65. The van der Waals surface area contributed by atoms with Crippen molar-refractivity contribution < 1.29 is 14.2 Å². The molecule has 0 unspecified atom stereocenters. The summed E-state index contributed by atoms with van der Waals surface area (Å²) >= 11 is 0. The lowest BCUT2D eigenvalue weighted by molar-refractivity contribution is 0.0143. The van der Waals surface area contributed by atoms with Gasteiger partial charge in [-0.15, -0.1) is 0 Å². The molecule has 4 aromatic carbocycles. The van der Waals surface area contributed by atoms with Crippen LogP contribution < -0.4 is 9.80 Å². The minimum Gasteiger partial charge on any atom is -0.379 e. The monoisotopic (exact) mass is 496 g/mol. The average molecular weight is 497 g/mol. The molecule has 0 spiro atoms. The van der Waals surface area contributed by atoms with Crippen molar-refractivity contribution in [2.45, 2.75) is 12.8 Å². The molecule has 4 aromatic rings. The molecule has 0 saturated carbocycles. The molecule has 3 bridgehead atoms. The summed E-state index contributed by atoms with van der Waals surface area (Å²) in [4.78, 5) is 4.77. The quantitative estimate of drug-likeness (QED) is 0.300. The fraction of sp³-hybridized carbons (Fsp3) is 0.312. The summed E-state index contributed by atoms with van der Waals surface area (Å²) < 4.78 is 17.3. The normalized spacial score (nSPS) is 16.8. The Kier molecular flexibility index (Phi) is 9.05. The van der Waals surface area contributed by atoms with Crippen molar-refractivity contribution in [2.24, 2.45) is 0 Å². The van der Waals surface area contributed by atoms with Gasteiger partial charge in [-0.05, 0) is 72.1 Å². The fourth-order valence-electron chi connectivity index (χ4n) is 4.78. The second kappa shape index (κ2) is 13.2. The molecule has 5 nitrogen and oxygen atoms in total. The molecule has 0 saturated heterocycles. The summed E-state index contributed by atoms with van der Waals surface area (Å²) in [7, 11) is 0. The zero-order valence-corrected chi connectivity index (χ0v) is 21.4. The standard InChI is InChI=1S/C32H36N2O3/c1-3-9-29(10-4-1)33-17-7-19-35-21-23-37-24-22-36-20-8-18-34(30-11-5-2-6-12-30)32-16-14-27-13-15-31(33)25-28(27)26-32/h1-6,9-16,25-26H,7-8,17-24H2. The molecule has 0 aliphatic carbocycles. The molecule has 0 radical (unpaired) electrons. The summed E-state index contributed by atoms with van der Waals surface area (Å²) in [5.41, 5.74) is 4.75. The summed E-state index contributed by atoms with van der Waals surface area (Å²) in [5.74, 6) is 0. The van der Waals surface area contributed by atoms with Gasteiger partial charge in [0.1, 0.15) is 0 Å². The van der Waals surface area contributed by atoms with Gasteiger partial charge >= 0.3 is 0 Å². The van der Waals surface area contributed by atoms with Crippen molar-refractivity contribution in [3.8, 4) is 0 Å². The van der Waals surface area contributed by atoms with Gasteiger partial charge in [0.25, 0.3) is 0 Å². The van der Waals surface area contributed by atoms with Crippen LogP contribution in [0.1, 0.15) is 12.8 Å². The average Bonchev–Trinajstić information content (AvgIpc) is 2.95. The molecule has 37 heavy (non-hydrogen) atoms. The van der Waals surface area contributed by atoms with Crippen LogP contribution in [0.25, 0.3) is 10.8 Å². The Hall–Kier alpha value is -3.38. The highest BCUT2D eigenvalue weighted by Crippen LogP contribution is 2.33. The number of rotatable bonds is 2. The lowest BCUT2D eigenvalue weighted by atomic mass is 10.1. The van der Waals surface area contributed by atoms with Crippen molar-refractivity contribution >= 4 is 33.5 Å². The first kappa shape index (κ1) is 25.3. The molecule has 0 fully saturated rings. The molecule has 1 aliphatic rings. The van der Waals surface area contributed by atoms with Crippen LogP contribution in [0, 0.1) is 0 Å². The maximum absolute atomic E-state index is 5.83. The summed E-state index contributed by atoms with van der Waals surface area (Å²) in [6, 6.07) is 34.7. The Morgan fingerprint density at radius 2 is 0.838 bits per heavy atom. The molecule has 5 rings (SSSR count). The van der Waals surface area contributed by atoms with E-state index in [1.165, 1.54) is 33.5 Å². The SMILES string of the molecule is c1ccc(N2CCCOCCOCCOCCCN(c3ccccc3)c3ccc4ccc2cc4c3)cc1. The number of nitrogens with zero attached hydrogens (tertiary/aromatic N) is 2. The number of anilines is 4. The minimum absolute atomic E-state index is 0.596. The van der Waals surface area contributed by atoms with Gasteiger partial charge in [-0.3, -0.25) is 0 Å². The van der Waals surface area contributed by atoms with Crippen LogP contribution in [0.2, 0.25) is 0 Å². The maximum atomic E-state index is 5.83. The first-order chi connectivity index (χ1) is 18.4. The minimum atomic E-state index is 0.596. The van der Waals surface area contributed by atoms with E-state index in [0.717, 1.165) is 25.9 Å². The van der Waals surface area contributed by atoms with E-state index in [-0.39, 0.29) is 0 Å².